The lowest BCUT2D eigenvalue weighted by Crippen LogP contribution is -2.19. The van der Waals surface area contributed by atoms with Gasteiger partial charge in [0.05, 0.1) is 17.1 Å². The lowest BCUT2D eigenvalue weighted by Gasteiger charge is -2.02. The second-order valence-corrected chi connectivity index (χ2v) is 7.16. The Morgan fingerprint density at radius 2 is 1.91 bits per heavy atom. The number of carbonyl (C=O) groups excluding carboxylic acids is 1. The Morgan fingerprint density at radius 1 is 1.12 bits per heavy atom. The van der Waals surface area contributed by atoms with Crippen LogP contribution in [0.4, 0.5) is 5.82 Å². The SMILES string of the molecule is Nc1ccc(C=CC(=O)NCc2cc3cc(-c4ncc(C(=O)O)cn4)cc(Cl)c3o2)cn1. The number of rotatable bonds is 6. The standard InChI is InChI=1S/C22H16ClN5O4/c23-17-7-14(21-27-9-15(10-28-21)22(30)31)5-13-6-16(32-20(13)17)11-26-19(29)4-2-12-1-3-18(24)25-8-12/h1-10H,11H2,(H2,24,25)(H,26,29)(H,30,31). The Morgan fingerprint density at radius 3 is 2.59 bits per heavy atom. The summed E-state index contributed by atoms with van der Waals surface area (Å²) in [6.07, 6.45) is 7.04. The topological polar surface area (TPSA) is 144 Å². The summed E-state index contributed by atoms with van der Waals surface area (Å²) in [5.41, 5.74) is 7.34. The maximum atomic E-state index is 12.1. The van der Waals surface area contributed by atoms with Crippen molar-refractivity contribution in [2.75, 3.05) is 5.73 Å². The Kier molecular flexibility index (Phi) is 5.82. The first kappa shape index (κ1) is 21.0. The summed E-state index contributed by atoms with van der Waals surface area (Å²) in [6, 6.07) is 8.57. The number of halogens is 1. The van der Waals surface area contributed by atoms with E-state index in [9.17, 15) is 9.59 Å². The zero-order chi connectivity index (χ0) is 22.7. The van der Waals surface area contributed by atoms with E-state index in [1.165, 1.54) is 18.5 Å². The maximum Gasteiger partial charge on any atom is 0.338 e. The monoisotopic (exact) mass is 449 g/mol. The van der Waals surface area contributed by atoms with Crippen molar-refractivity contribution in [1.82, 2.24) is 20.3 Å². The molecule has 0 aliphatic carbocycles. The third-order valence-corrected chi connectivity index (χ3v) is 4.73. The largest absolute Gasteiger partial charge is 0.478 e. The number of carboxylic acid groups (broad SMARTS) is 1. The smallest absolute Gasteiger partial charge is 0.338 e. The molecule has 9 nitrogen and oxygen atoms in total. The number of anilines is 1. The van der Waals surface area contributed by atoms with Crippen molar-refractivity contribution in [3.05, 3.63) is 76.9 Å². The van der Waals surface area contributed by atoms with E-state index >= 15 is 0 Å². The third-order valence-electron chi connectivity index (χ3n) is 4.45. The highest BCUT2D eigenvalue weighted by atomic mass is 35.5. The molecule has 0 radical (unpaired) electrons. The molecule has 32 heavy (non-hydrogen) atoms. The molecule has 4 aromatic rings. The molecule has 3 aromatic heterocycles. The van der Waals surface area contributed by atoms with E-state index in [2.05, 4.69) is 20.3 Å². The number of hydrogen-bond donors (Lipinski definition) is 3. The quantitative estimate of drug-likeness (QED) is 0.379. The fourth-order valence-electron chi connectivity index (χ4n) is 2.89. The predicted octanol–water partition coefficient (Wildman–Crippen LogP) is 3.55. The van der Waals surface area contributed by atoms with E-state index in [0.717, 1.165) is 5.56 Å². The van der Waals surface area contributed by atoms with Crippen molar-refractivity contribution in [3.8, 4) is 11.4 Å². The molecule has 0 unspecified atom stereocenters. The molecule has 0 saturated heterocycles. The summed E-state index contributed by atoms with van der Waals surface area (Å²) < 4.78 is 5.75. The Labute approximate surface area is 186 Å². The molecular formula is C22H16ClN5O4. The van der Waals surface area contributed by atoms with E-state index in [1.54, 1.807) is 42.6 Å². The minimum Gasteiger partial charge on any atom is -0.478 e. The van der Waals surface area contributed by atoms with Gasteiger partial charge in [-0.1, -0.05) is 11.6 Å². The number of nitrogens with zero attached hydrogens (tertiary/aromatic N) is 3. The van der Waals surface area contributed by atoms with Gasteiger partial charge in [0.2, 0.25) is 5.91 Å². The lowest BCUT2D eigenvalue weighted by molar-refractivity contribution is -0.116. The van der Waals surface area contributed by atoms with Crippen LogP contribution in [0.15, 0.2) is 59.4 Å². The first-order valence-electron chi connectivity index (χ1n) is 9.34. The second-order valence-electron chi connectivity index (χ2n) is 6.76. The molecule has 0 aliphatic rings. The highest BCUT2D eigenvalue weighted by molar-refractivity contribution is 6.35. The van der Waals surface area contributed by atoms with Gasteiger partial charge < -0.3 is 20.6 Å². The summed E-state index contributed by atoms with van der Waals surface area (Å²) in [7, 11) is 0. The zero-order valence-corrected chi connectivity index (χ0v) is 17.2. The number of hydrogen-bond acceptors (Lipinski definition) is 7. The molecule has 3 heterocycles. The Balaban J connectivity index is 1.47. The summed E-state index contributed by atoms with van der Waals surface area (Å²) >= 11 is 6.34. The summed E-state index contributed by atoms with van der Waals surface area (Å²) in [5, 5.41) is 12.8. The number of aromatic carboxylic acids is 1. The number of nitrogens with one attached hydrogen (secondary N) is 1. The second kappa shape index (κ2) is 8.86. The minimum absolute atomic E-state index is 0.0102. The van der Waals surface area contributed by atoms with Crippen molar-refractivity contribution in [1.29, 1.82) is 0 Å². The highest BCUT2D eigenvalue weighted by Gasteiger charge is 2.13. The van der Waals surface area contributed by atoms with Crippen molar-refractivity contribution in [2.24, 2.45) is 0 Å². The van der Waals surface area contributed by atoms with E-state index < -0.39 is 5.97 Å². The van der Waals surface area contributed by atoms with Gasteiger partial charge in [-0.05, 0) is 42.0 Å². The molecule has 10 heteroatoms. The van der Waals surface area contributed by atoms with E-state index in [4.69, 9.17) is 26.9 Å². The summed E-state index contributed by atoms with van der Waals surface area (Å²) in [5.74, 6) is -0.163. The number of carboxylic acids is 1. The van der Waals surface area contributed by atoms with Crippen molar-refractivity contribution in [3.63, 3.8) is 0 Å². The van der Waals surface area contributed by atoms with Crippen molar-refractivity contribution < 1.29 is 19.1 Å². The van der Waals surface area contributed by atoms with Gasteiger partial charge in [-0.15, -0.1) is 0 Å². The van der Waals surface area contributed by atoms with Crippen LogP contribution in [-0.4, -0.2) is 31.9 Å². The van der Waals surface area contributed by atoms with Gasteiger partial charge in [0, 0.05) is 35.6 Å². The maximum absolute atomic E-state index is 12.1. The molecule has 0 spiro atoms. The molecule has 1 aromatic carbocycles. The van der Waals surface area contributed by atoms with Crippen LogP contribution in [0.1, 0.15) is 21.7 Å². The molecule has 0 saturated carbocycles. The number of fused-ring (bicyclic) bond motifs is 1. The number of aromatic nitrogens is 3. The first-order chi connectivity index (χ1) is 15.4. The molecule has 4 N–H and O–H groups in total. The molecule has 0 fully saturated rings. The minimum atomic E-state index is -1.11. The van der Waals surface area contributed by atoms with Gasteiger partial charge in [0.1, 0.15) is 11.6 Å². The molecule has 0 atom stereocenters. The number of pyridine rings is 1. The van der Waals surface area contributed by atoms with Gasteiger partial charge in [0.25, 0.3) is 0 Å². The molecule has 0 bridgehead atoms. The number of amides is 1. The van der Waals surface area contributed by atoms with E-state index in [1.807, 2.05) is 0 Å². The molecule has 160 valence electrons. The average molecular weight is 450 g/mol. The van der Waals surface area contributed by atoms with Crippen LogP contribution in [0.3, 0.4) is 0 Å². The van der Waals surface area contributed by atoms with Crippen LogP contribution in [0.5, 0.6) is 0 Å². The van der Waals surface area contributed by atoms with Crippen LogP contribution in [0.25, 0.3) is 28.4 Å². The predicted molar refractivity (Wildman–Crippen MR) is 119 cm³/mol. The molecule has 0 aliphatic heterocycles. The number of nitrogen functional groups attached to an aromatic ring is 1. The number of benzene rings is 1. The fraction of sp³-hybridized carbons (Fsp3) is 0.0455. The fourth-order valence-corrected chi connectivity index (χ4v) is 3.15. The van der Waals surface area contributed by atoms with Gasteiger partial charge in [0.15, 0.2) is 11.4 Å². The average Bonchev–Trinajstić information content (AvgIpc) is 3.21. The Bertz CT molecular complexity index is 1330. The van der Waals surface area contributed by atoms with Crippen LogP contribution in [0, 0.1) is 0 Å². The lowest BCUT2D eigenvalue weighted by atomic mass is 10.1. The van der Waals surface area contributed by atoms with E-state index in [-0.39, 0.29) is 18.0 Å². The normalized spacial score (nSPS) is 11.2. The first-order valence-corrected chi connectivity index (χ1v) is 9.72. The molecule has 1 amide bonds. The molecule has 4 rings (SSSR count). The van der Waals surface area contributed by atoms with Crippen LogP contribution < -0.4 is 11.1 Å². The summed E-state index contributed by atoms with van der Waals surface area (Å²) in [4.78, 5) is 35.2. The van der Waals surface area contributed by atoms with Crippen molar-refractivity contribution >= 4 is 46.3 Å². The number of furan rings is 1. The number of nitrogens with two attached hydrogens (primary N) is 1. The van der Waals surface area contributed by atoms with Crippen LogP contribution >= 0.6 is 11.6 Å². The third kappa shape index (κ3) is 4.73. The van der Waals surface area contributed by atoms with Gasteiger partial charge >= 0.3 is 5.97 Å². The zero-order valence-electron chi connectivity index (χ0n) is 16.4. The highest BCUT2D eigenvalue weighted by Crippen LogP contribution is 2.31. The van der Waals surface area contributed by atoms with Crippen LogP contribution in [0.2, 0.25) is 5.02 Å². The number of carbonyl (C=O) groups is 2. The molecular weight excluding hydrogens is 434 g/mol. The van der Waals surface area contributed by atoms with E-state index in [0.29, 0.717) is 39.0 Å². The van der Waals surface area contributed by atoms with Crippen molar-refractivity contribution in [2.45, 2.75) is 6.54 Å². The van der Waals surface area contributed by atoms with Gasteiger partial charge in [-0.2, -0.15) is 0 Å². The Hall–Kier alpha value is -4.24. The van der Waals surface area contributed by atoms with Gasteiger partial charge in [-0.3, -0.25) is 4.79 Å². The summed E-state index contributed by atoms with van der Waals surface area (Å²) in [6.45, 7) is 0.160. The van der Waals surface area contributed by atoms with Crippen LogP contribution in [-0.2, 0) is 11.3 Å². The van der Waals surface area contributed by atoms with Gasteiger partial charge in [-0.25, -0.2) is 19.7 Å².